The Bertz CT molecular complexity index is 166. The second kappa shape index (κ2) is 7.93. The predicted molar refractivity (Wildman–Crippen MR) is 61.4 cm³/mol. The minimum Gasteiger partial charge on any atom is -0.314 e. The molecule has 0 radical (unpaired) electrons. The van der Waals surface area contributed by atoms with Crippen LogP contribution in [-0.4, -0.2) is 18.8 Å². The van der Waals surface area contributed by atoms with E-state index in [9.17, 15) is 13.2 Å². The molecule has 98 valence electrons. The number of nitrogens with one attached hydrogen (secondary N) is 1. The van der Waals surface area contributed by atoms with Crippen LogP contribution in [-0.2, 0) is 0 Å². The summed E-state index contributed by atoms with van der Waals surface area (Å²) in [5.74, 6) is 0.567. The van der Waals surface area contributed by atoms with E-state index in [0.717, 1.165) is 19.3 Å². The van der Waals surface area contributed by atoms with E-state index in [1.54, 1.807) is 0 Å². The highest BCUT2D eigenvalue weighted by Crippen LogP contribution is 2.24. The molecule has 0 saturated heterocycles. The van der Waals surface area contributed by atoms with E-state index in [1.807, 2.05) is 6.92 Å². The van der Waals surface area contributed by atoms with Gasteiger partial charge >= 0.3 is 6.18 Å². The lowest BCUT2D eigenvalue weighted by Crippen LogP contribution is -2.34. The zero-order valence-electron chi connectivity index (χ0n) is 10.5. The number of hydrogen-bond donors (Lipinski definition) is 1. The first-order valence-electron chi connectivity index (χ1n) is 6.15. The molecule has 1 unspecified atom stereocenters. The van der Waals surface area contributed by atoms with Crippen LogP contribution in [0.3, 0.4) is 0 Å². The number of alkyl halides is 3. The first-order valence-corrected chi connectivity index (χ1v) is 6.15. The van der Waals surface area contributed by atoms with Gasteiger partial charge in [0.2, 0.25) is 0 Å². The number of rotatable bonds is 8. The number of halogens is 3. The van der Waals surface area contributed by atoms with Gasteiger partial charge in [0.15, 0.2) is 0 Å². The third kappa shape index (κ3) is 10.3. The average Bonchev–Trinajstić information content (AvgIpc) is 2.11. The summed E-state index contributed by atoms with van der Waals surface area (Å²) in [6.07, 6.45) is -1.39. The van der Waals surface area contributed by atoms with Crippen molar-refractivity contribution in [1.29, 1.82) is 0 Å². The molecular formula is C12H24F3N. The van der Waals surface area contributed by atoms with Gasteiger partial charge in [-0.1, -0.05) is 33.6 Å². The van der Waals surface area contributed by atoms with Crippen LogP contribution in [0, 0.1) is 5.92 Å². The Labute approximate surface area is 96.8 Å². The summed E-state index contributed by atoms with van der Waals surface area (Å²) in [5, 5.41) is 2.98. The average molecular weight is 239 g/mol. The maximum Gasteiger partial charge on any atom is 0.390 e. The molecule has 0 aromatic heterocycles. The Morgan fingerprint density at radius 2 is 1.75 bits per heavy atom. The Hall–Kier alpha value is -0.250. The van der Waals surface area contributed by atoms with Crippen molar-refractivity contribution in [3.63, 3.8) is 0 Å². The second-order valence-corrected chi connectivity index (χ2v) is 4.80. The SMILES string of the molecule is CCCNC(CCCC(C)C)CC(F)(F)F. The van der Waals surface area contributed by atoms with E-state index in [2.05, 4.69) is 19.2 Å². The first kappa shape index (κ1) is 15.8. The largest absolute Gasteiger partial charge is 0.390 e. The first-order chi connectivity index (χ1) is 7.35. The highest BCUT2D eigenvalue weighted by Gasteiger charge is 2.31. The second-order valence-electron chi connectivity index (χ2n) is 4.80. The van der Waals surface area contributed by atoms with E-state index < -0.39 is 18.6 Å². The zero-order valence-corrected chi connectivity index (χ0v) is 10.5. The van der Waals surface area contributed by atoms with Crippen LogP contribution in [0.25, 0.3) is 0 Å². The molecule has 4 heteroatoms. The highest BCUT2D eigenvalue weighted by molar-refractivity contribution is 4.71. The molecular weight excluding hydrogens is 215 g/mol. The van der Waals surface area contributed by atoms with Crippen molar-refractivity contribution in [2.75, 3.05) is 6.54 Å². The fourth-order valence-corrected chi connectivity index (χ4v) is 1.68. The summed E-state index contributed by atoms with van der Waals surface area (Å²) < 4.78 is 36.8. The molecule has 0 heterocycles. The Morgan fingerprint density at radius 3 is 2.19 bits per heavy atom. The van der Waals surface area contributed by atoms with Gasteiger partial charge in [0, 0.05) is 6.04 Å². The molecule has 0 aliphatic heterocycles. The van der Waals surface area contributed by atoms with E-state index in [1.165, 1.54) is 0 Å². The third-order valence-corrected chi connectivity index (χ3v) is 2.49. The van der Waals surface area contributed by atoms with E-state index in [-0.39, 0.29) is 0 Å². The van der Waals surface area contributed by atoms with Crippen LogP contribution in [0.4, 0.5) is 13.2 Å². The van der Waals surface area contributed by atoms with Crippen LogP contribution in [0.1, 0.15) is 52.9 Å². The van der Waals surface area contributed by atoms with Crippen LogP contribution in [0.15, 0.2) is 0 Å². The Morgan fingerprint density at radius 1 is 1.12 bits per heavy atom. The summed E-state index contributed by atoms with van der Waals surface area (Å²) in [6, 6.07) is -0.404. The predicted octanol–water partition coefficient (Wildman–Crippen LogP) is 4.13. The maximum atomic E-state index is 12.3. The zero-order chi connectivity index (χ0) is 12.6. The molecule has 1 nitrogen and oxygen atoms in total. The van der Waals surface area contributed by atoms with Crippen molar-refractivity contribution in [2.24, 2.45) is 5.92 Å². The summed E-state index contributed by atoms with van der Waals surface area (Å²) in [5.41, 5.74) is 0. The molecule has 1 N–H and O–H groups in total. The standard InChI is InChI=1S/C12H24F3N/c1-4-8-16-11(9-12(13,14)15)7-5-6-10(2)3/h10-11,16H,4-9H2,1-3H3. The molecule has 0 fully saturated rings. The Kier molecular flexibility index (Phi) is 7.81. The van der Waals surface area contributed by atoms with Gasteiger partial charge in [-0.25, -0.2) is 0 Å². The lowest BCUT2D eigenvalue weighted by molar-refractivity contribution is -0.140. The van der Waals surface area contributed by atoms with Gasteiger partial charge in [-0.15, -0.1) is 0 Å². The molecule has 0 saturated carbocycles. The quantitative estimate of drug-likeness (QED) is 0.671. The lowest BCUT2D eigenvalue weighted by atomic mass is 10.0. The molecule has 0 bridgehead atoms. The third-order valence-electron chi connectivity index (χ3n) is 2.49. The molecule has 0 aliphatic carbocycles. The van der Waals surface area contributed by atoms with Crippen LogP contribution >= 0.6 is 0 Å². The fourth-order valence-electron chi connectivity index (χ4n) is 1.68. The van der Waals surface area contributed by atoms with Gasteiger partial charge in [0.1, 0.15) is 0 Å². The topological polar surface area (TPSA) is 12.0 Å². The number of hydrogen-bond acceptors (Lipinski definition) is 1. The smallest absolute Gasteiger partial charge is 0.314 e. The summed E-state index contributed by atoms with van der Waals surface area (Å²) in [7, 11) is 0. The molecule has 16 heavy (non-hydrogen) atoms. The van der Waals surface area contributed by atoms with E-state index in [4.69, 9.17) is 0 Å². The molecule has 0 aromatic rings. The normalized spacial score (nSPS) is 14.4. The van der Waals surface area contributed by atoms with Crippen molar-refractivity contribution in [1.82, 2.24) is 5.32 Å². The lowest BCUT2D eigenvalue weighted by Gasteiger charge is -2.20. The van der Waals surface area contributed by atoms with Gasteiger partial charge in [0.05, 0.1) is 6.42 Å². The molecule has 0 spiro atoms. The van der Waals surface area contributed by atoms with Crippen molar-refractivity contribution in [3.05, 3.63) is 0 Å². The highest BCUT2D eigenvalue weighted by atomic mass is 19.4. The van der Waals surface area contributed by atoms with E-state index in [0.29, 0.717) is 18.9 Å². The van der Waals surface area contributed by atoms with Crippen molar-refractivity contribution >= 4 is 0 Å². The molecule has 1 atom stereocenters. The summed E-state index contributed by atoms with van der Waals surface area (Å²) in [6.45, 7) is 6.82. The van der Waals surface area contributed by atoms with E-state index >= 15 is 0 Å². The molecule has 0 amide bonds. The van der Waals surface area contributed by atoms with Gasteiger partial charge in [0.25, 0.3) is 0 Å². The molecule has 0 aromatic carbocycles. The maximum absolute atomic E-state index is 12.3. The summed E-state index contributed by atoms with van der Waals surface area (Å²) >= 11 is 0. The van der Waals surface area contributed by atoms with Gasteiger partial charge in [-0.3, -0.25) is 0 Å². The van der Waals surface area contributed by atoms with Crippen molar-refractivity contribution in [3.8, 4) is 0 Å². The van der Waals surface area contributed by atoms with Crippen molar-refractivity contribution < 1.29 is 13.2 Å². The van der Waals surface area contributed by atoms with Gasteiger partial charge in [-0.05, 0) is 25.3 Å². The minimum absolute atomic E-state index is 0.404. The Balaban J connectivity index is 3.90. The minimum atomic E-state index is -4.05. The van der Waals surface area contributed by atoms with Crippen LogP contribution in [0.5, 0.6) is 0 Å². The fraction of sp³-hybridized carbons (Fsp3) is 1.00. The van der Waals surface area contributed by atoms with Crippen LogP contribution in [0.2, 0.25) is 0 Å². The van der Waals surface area contributed by atoms with Gasteiger partial charge in [-0.2, -0.15) is 13.2 Å². The van der Waals surface area contributed by atoms with Gasteiger partial charge < -0.3 is 5.32 Å². The van der Waals surface area contributed by atoms with Crippen LogP contribution < -0.4 is 5.32 Å². The summed E-state index contributed by atoms with van der Waals surface area (Å²) in [4.78, 5) is 0. The molecule has 0 aliphatic rings. The molecule has 0 rings (SSSR count). The van der Waals surface area contributed by atoms with Crippen molar-refractivity contribution in [2.45, 2.75) is 65.1 Å². The monoisotopic (exact) mass is 239 g/mol.